The van der Waals surface area contributed by atoms with Crippen molar-refractivity contribution in [3.05, 3.63) is 89.0 Å². The van der Waals surface area contributed by atoms with Gasteiger partial charge in [-0.15, -0.1) is 0 Å². The van der Waals surface area contributed by atoms with Gasteiger partial charge in [0.2, 0.25) is 5.91 Å². The number of carbonyl (C=O) groups is 1. The molecule has 26 heavy (non-hydrogen) atoms. The van der Waals surface area contributed by atoms with E-state index < -0.39 is 5.82 Å². The Morgan fingerprint density at radius 1 is 1.23 bits per heavy atom. The van der Waals surface area contributed by atoms with Crippen LogP contribution in [0.5, 0.6) is 0 Å². The van der Waals surface area contributed by atoms with Crippen LogP contribution in [-0.4, -0.2) is 27.6 Å². The first kappa shape index (κ1) is 17.9. The van der Waals surface area contributed by atoms with Gasteiger partial charge >= 0.3 is 0 Å². The number of carbonyl (C=O) groups excluding carboxylic acids is 1. The van der Waals surface area contributed by atoms with Crippen LogP contribution in [0.4, 0.5) is 4.39 Å². The van der Waals surface area contributed by atoms with E-state index in [9.17, 15) is 9.18 Å². The first-order chi connectivity index (χ1) is 12.5. The quantitative estimate of drug-likeness (QED) is 0.627. The number of hydrogen-bond acceptors (Lipinski definition) is 2. The van der Waals surface area contributed by atoms with Crippen LogP contribution in [-0.2, 0) is 11.3 Å². The van der Waals surface area contributed by atoms with Gasteiger partial charge in [-0.1, -0.05) is 35.9 Å². The van der Waals surface area contributed by atoms with Crippen molar-refractivity contribution in [3.8, 4) is 5.69 Å². The largest absolute Gasteiger partial charge is 0.338 e. The summed E-state index contributed by atoms with van der Waals surface area (Å²) >= 11 is 6.01. The Hall–Kier alpha value is -2.92. The normalized spacial score (nSPS) is 11.0. The summed E-state index contributed by atoms with van der Waals surface area (Å²) in [6.07, 6.45) is 6.60. The Morgan fingerprint density at radius 3 is 2.73 bits per heavy atom. The molecule has 0 aliphatic carbocycles. The van der Waals surface area contributed by atoms with Crippen LogP contribution >= 0.6 is 11.6 Å². The van der Waals surface area contributed by atoms with Crippen LogP contribution in [0.25, 0.3) is 11.8 Å². The second-order valence-corrected chi connectivity index (χ2v) is 6.19. The lowest BCUT2D eigenvalue weighted by Gasteiger charge is -2.16. The van der Waals surface area contributed by atoms with Crippen LogP contribution < -0.4 is 0 Å². The Kier molecular flexibility index (Phi) is 5.49. The molecule has 1 amide bonds. The zero-order valence-electron chi connectivity index (χ0n) is 14.1. The zero-order valence-corrected chi connectivity index (χ0v) is 14.9. The van der Waals surface area contributed by atoms with Crippen LogP contribution in [0.2, 0.25) is 5.02 Å². The Bertz CT molecular complexity index is 917. The zero-order chi connectivity index (χ0) is 18.5. The fraction of sp³-hybridized carbons (Fsp3) is 0.100. The maximum Gasteiger partial charge on any atom is 0.246 e. The van der Waals surface area contributed by atoms with Crippen molar-refractivity contribution in [1.82, 2.24) is 14.7 Å². The molecule has 2 aromatic carbocycles. The highest BCUT2D eigenvalue weighted by Crippen LogP contribution is 2.20. The standard InChI is InChI=1S/C20H17ClFN3O/c1-24(14-17-18(21)8-5-9-19(17)22)20(26)11-10-15-12-23-25(13-15)16-6-3-2-4-7-16/h2-13H,14H2,1H3. The average Bonchev–Trinajstić information content (AvgIpc) is 3.12. The number of halogens is 2. The number of nitrogens with zero attached hydrogens (tertiary/aromatic N) is 3. The van der Waals surface area contributed by atoms with E-state index >= 15 is 0 Å². The number of benzene rings is 2. The molecular formula is C20H17ClFN3O. The molecule has 0 bridgehead atoms. The number of likely N-dealkylation sites (N-methyl/N-ethyl adjacent to an activating group) is 1. The predicted octanol–water partition coefficient (Wildman–Crippen LogP) is 4.34. The SMILES string of the molecule is CN(Cc1c(F)cccc1Cl)C(=O)C=Cc1cnn(-c2ccccc2)c1. The van der Waals surface area contributed by atoms with Gasteiger partial charge in [0, 0.05) is 42.0 Å². The van der Waals surface area contributed by atoms with E-state index in [0.29, 0.717) is 10.6 Å². The fourth-order valence-electron chi connectivity index (χ4n) is 2.44. The van der Waals surface area contributed by atoms with Crippen molar-refractivity contribution < 1.29 is 9.18 Å². The number of aromatic nitrogens is 2. The van der Waals surface area contributed by atoms with Crippen molar-refractivity contribution in [1.29, 1.82) is 0 Å². The van der Waals surface area contributed by atoms with Gasteiger partial charge in [-0.2, -0.15) is 5.10 Å². The monoisotopic (exact) mass is 369 g/mol. The van der Waals surface area contributed by atoms with Gasteiger partial charge < -0.3 is 4.90 Å². The number of hydrogen-bond donors (Lipinski definition) is 0. The van der Waals surface area contributed by atoms with E-state index in [2.05, 4.69) is 5.10 Å². The van der Waals surface area contributed by atoms with Crippen molar-refractivity contribution >= 4 is 23.6 Å². The van der Waals surface area contributed by atoms with Crippen LogP contribution in [0, 0.1) is 5.82 Å². The molecule has 0 unspecified atom stereocenters. The number of para-hydroxylation sites is 1. The lowest BCUT2D eigenvalue weighted by molar-refractivity contribution is -0.125. The van der Waals surface area contributed by atoms with Crippen LogP contribution in [0.1, 0.15) is 11.1 Å². The third-order valence-corrected chi connectivity index (χ3v) is 4.23. The Balaban J connectivity index is 1.67. The van der Waals surface area contributed by atoms with E-state index in [0.717, 1.165) is 11.3 Å². The van der Waals surface area contributed by atoms with Gasteiger partial charge in [0.1, 0.15) is 5.82 Å². The molecular weight excluding hydrogens is 353 g/mol. The molecule has 6 heteroatoms. The third-order valence-electron chi connectivity index (χ3n) is 3.87. The number of rotatable bonds is 5. The van der Waals surface area contributed by atoms with E-state index in [1.54, 1.807) is 30.1 Å². The maximum absolute atomic E-state index is 13.8. The summed E-state index contributed by atoms with van der Waals surface area (Å²) in [5.74, 6) is -0.679. The first-order valence-corrected chi connectivity index (χ1v) is 8.38. The first-order valence-electron chi connectivity index (χ1n) is 8.01. The summed E-state index contributed by atoms with van der Waals surface area (Å²) in [7, 11) is 1.60. The minimum Gasteiger partial charge on any atom is -0.338 e. The molecule has 0 fully saturated rings. The smallest absolute Gasteiger partial charge is 0.246 e. The highest BCUT2D eigenvalue weighted by molar-refractivity contribution is 6.31. The van der Waals surface area contributed by atoms with Gasteiger partial charge in [-0.05, 0) is 30.3 Å². The van der Waals surface area contributed by atoms with E-state index in [1.165, 1.54) is 23.1 Å². The second kappa shape index (κ2) is 7.97. The predicted molar refractivity (Wildman–Crippen MR) is 100 cm³/mol. The minimum absolute atomic E-state index is 0.0952. The second-order valence-electron chi connectivity index (χ2n) is 5.78. The molecule has 0 N–H and O–H groups in total. The van der Waals surface area contributed by atoms with Gasteiger partial charge in [-0.25, -0.2) is 9.07 Å². The third kappa shape index (κ3) is 4.18. The molecule has 3 rings (SSSR count). The lowest BCUT2D eigenvalue weighted by Crippen LogP contribution is -2.24. The Morgan fingerprint density at radius 2 is 2.00 bits per heavy atom. The van der Waals surface area contributed by atoms with Crippen molar-refractivity contribution in [3.63, 3.8) is 0 Å². The molecule has 0 saturated carbocycles. The molecule has 0 spiro atoms. The van der Waals surface area contributed by atoms with Gasteiger partial charge in [0.25, 0.3) is 0 Å². The van der Waals surface area contributed by atoms with Gasteiger partial charge in [0.05, 0.1) is 11.9 Å². The summed E-state index contributed by atoms with van der Waals surface area (Å²) in [6.45, 7) is 0.0952. The molecule has 0 saturated heterocycles. The van der Waals surface area contributed by atoms with Crippen molar-refractivity contribution in [2.75, 3.05) is 7.05 Å². The molecule has 1 heterocycles. The molecule has 0 atom stereocenters. The minimum atomic E-state index is -0.426. The van der Waals surface area contributed by atoms with E-state index in [1.807, 2.05) is 36.5 Å². The van der Waals surface area contributed by atoms with Crippen LogP contribution in [0.3, 0.4) is 0 Å². The summed E-state index contributed by atoms with van der Waals surface area (Å²) < 4.78 is 15.6. The van der Waals surface area contributed by atoms with Gasteiger partial charge in [0.15, 0.2) is 0 Å². The molecule has 1 aromatic heterocycles. The van der Waals surface area contributed by atoms with E-state index in [-0.39, 0.29) is 12.5 Å². The van der Waals surface area contributed by atoms with Crippen molar-refractivity contribution in [2.45, 2.75) is 6.54 Å². The van der Waals surface area contributed by atoms with E-state index in [4.69, 9.17) is 11.6 Å². The van der Waals surface area contributed by atoms with Gasteiger partial charge in [-0.3, -0.25) is 4.79 Å². The number of amides is 1. The molecule has 0 aliphatic rings. The summed E-state index contributed by atoms with van der Waals surface area (Å²) in [5.41, 5.74) is 2.03. The molecule has 132 valence electrons. The molecule has 4 nitrogen and oxygen atoms in total. The summed E-state index contributed by atoms with van der Waals surface area (Å²) in [6, 6.07) is 14.1. The molecule has 0 radical (unpaired) electrons. The highest BCUT2D eigenvalue weighted by Gasteiger charge is 2.12. The lowest BCUT2D eigenvalue weighted by atomic mass is 10.2. The Labute approximate surface area is 156 Å². The molecule has 0 aliphatic heterocycles. The molecule has 3 aromatic rings. The highest BCUT2D eigenvalue weighted by atomic mass is 35.5. The maximum atomic E-state index is 13.8. The fourth-order valence-corrected chi connectivity index (χ4v) is 2.66. The summed E-state index contributed by atoms with van der Waals surface area (Å²) in [4.78, 5) is 13.7. The van der Waals surface area contributed by atoms with Crippen molar-refractivity contribution in [2.24, 2.45) is 0 Å². The topological polar surface area (TPSA) is 38.1 Å². The summed E-state index contributed by atoms with van der Waals surface area (Å²) in [5, 5.41) is 4.58. The van der Waals surface area contributed by atoms with Crippen LogP contribution in [0.15, 0.2) is 67.0 Å². The average molecular weight is 370 g/mol.